The maximum absolute atomic E-state index is 6.32. The quantitative estimate of drug-likeness (QED) is 0.303. The topological polar surface area (TPSA) is 26.0 Å². The lowest BCUT2D eigenvalue weighted by Crippen LogP contribution is -2.04. The summed E-state index contributed by atoms with van der Waals surface area (Å²) in [6.07, 6.45) is 8.69. The van der Waals surface area contributed by atoms with Crippen molar-refractivity contribution in [2.45, 2.75) is 44.9 Å². The van der Waals surface area contributed by atoms with Crippen molar-refractivity contribution in [2.24, 2.45) is 0 Å². The summed E-state index contributed by atoms with van der Waals surface area (Å²) in [7, 11) is 0. The molecule has 2 heteroatoms. The number of aryl methyl sites for hydroxylation is 1. The standard InChI is InChI=1S/C28H25NO/c1-18-15-24-23-9-5-6-10-26(23)30-28(24)25(16-18)27-22-12-11-20(17-21(22)13-14-29-27)19-7-3-2-4-8-19/h5-6,9-17,19H,2-4,7-8H2,1H3. The number of hydrogen-bond acceptors (Lipinski definition) is 2. The van der Waals surface area contributed by atoms with Gasteiger partial charge >= 0.3 is 0 Å². The van der Waals surface area contributed by atoms with Gasteiger partial charge in [-0.25, -0.2) is 0 Å². The average molecular weight is 392 g/mol. The third-order valence-electron chi connectivity index (χ3n) is 6.74. The Morgan fingerprint density at radius 2 is 1.70 bits per heavy atom. The highest BCUT2D eigenvalue weighted by Crippen LogP contribution is 2.39. The second-order valence-corrected chi connectivity index (χ2v) is 8.76. The van der Waals surface area contributed by atoms with Crippen LogP contribution in [0.3, 0.4) is 0 Å². The summed E-state index contributed by atoms with van der Waals surface area (Å²) in [6, 6.07) is 21.9. The van der Waals surface area contributed by atoms with Crippen molar-refractivity contribution in [1.29, 1.82) is 0 Å². The first-order chi connectivity index (χ1) is 14.8. The van der Waals surface area contributed by atoms with Crippen molar-refractivity contribution in [3.8, 4) is 11.3 Å². The van der Waals surface area contributed by atoms with Gasteiger partial charge in [-0.15, -0.1) is 0 Å². The van der Waals surface area contributed by atoms with Gasteiger partial charge in [0, 0.05) is 27.9 Å². The van der Waals surface area contributed by atoms with E-state index in [0.29, 0.717) is 5.92 Å². The molecule has 0 N–H and O–H groups in total. The molecule has 2 nitrogen and oxygen atoms in total. The van der Waals surface area contributed by atoms with Crippen LogP contribution in [0.5, 0.6) is 0 Å². The summed E-state index contributed by atoms with van der Waals surface area (Å²) < 4.78 is 6.32. The highest BCUT2D eigenvalue weighted by atomic mass is 16.3. The van der Waals surface area contributed by atoms with E-state index in [1.54, 1.807) is 0 Å². The number of benzene rings is 3. The monoisotopic (exact) mass is 391 g/mol. The van der Waals surface area contributed by atoms with Crippen LogP contribution in [-0.4, -0.2) is 4.98 Å². The van der Waals surface area contributed by atoms with Crippen LogP contribution in [0.2, 0.25) is 0 Å². The lowest BCUT2D eigenvalue weighted by atomic mass is 9.83. The van der Waals surface area contributed by atoms with Gasteiger partial charge in [-0.2, -0.15) is 0 Å². The minimum atomic E-state index is 0.709. The Hall–Kier alpha value is -3.13. The summed E-state index contributed by atoms with van der Waals surface area (Å²) in [4.78, 5) is 4.82. The van der Waals surface area contributed by atoms with Crippen LogP contribution in [0.1, 0.15) is 49.1 Å². The lowest BCUT2D eigenvalue weighted by molar-refractivity contribution is 0.444. The number of nitrogens with zero attached hydrogens (tertiary/aromatic N) is 1. The Morgan fingerprint density at radius 1 is 0.833 bits per heavy atom. The number of fused-ring (bicyclic) bond motifs is 4. The molecular formula is C28H25NO. The molecule has 1 saturated carbocycles. The molecule has 5 aromatic rings. The molecule has 0 spiro atoms. The fraction of sp³-hybridized carbons (Fsp3) is 0.250. The number of hydrogen-bond donors (Lipinski definition) is 0. The van der Waals surface area contributed by atoms with E-state index in [0.717, 1.165) is 27.8 Å². The normalized spacial score (nSPS) is 15.4. The Balaban J connectivity index is 1.57. The van der Waals surface area contributed by atoms with E-state index in [-0.39, 0.29) is 0 Å². The van der Waals surface area contributed by atoms with Crippen molar-refractivity contribution in [3.05, 3.63) is 78.0 Å². The Labute approximate surface area is 176 Å². The summed E-state index contributed by atoms with van der Waals surface area (Å²) in [5.41, 5.74) is 6.66. The van der Waals surface area contributed by atoms with E-state index in [9.17, 15) is 0 Å². The second kappa shape index (κ2) is 6.98. The Kier molecular flexibility index (Phi) is 4.12. The van der Waals surface area contributed by atoms with Crippen LogP contribution in [0.4, 0.5) is 0 Å². The van der Waals surface area contributed by atoms with Gasteiger partial charge < -0.3 is 4.42 Å². The van der Waals surface area contributed by atoms with Gasteiger partial charge in [0.1, 0.15) is 11.2 Å². The number of para-hydroxylation sites is 1. The van der Waals surface area contributed by atoms with Gasteiger partial charge in [0.05, 0.1) is 5.69 Å². The summed E-state index contributed by atoms with van der Waals surface area (Å²) in [6.45, 7) is 2.15. The zero-order valence-electron chi connectivity index (χ0n) is 17.3. The first kappa shape index (κ1) is 17.7. The molecule has 1 aliphatic carbocycles. The fourth-order valence-corrected chi connectivity index (χ4v) is 5.25. The molecule has 1 aliphatic rings. The van der Waals surface area contributed by atoms with Crippen LogP contribution in [0.15, 0.2) is 71.3 Å². The molecular weight excluding hydrogens is 366 g/mol. The molecule has 1 fully saturated rings. The number of pyridine rings is 1. The van der Waals surface area contributed by atoms with E-state index >= 15 is 0 Å². The molecule has 3 aromatic carbocycles. The Morgan fingerprint density at radius 3 is 2.60 bits per heavy atom. The molecule has 2 aromatic heterocycles. The fourth-order valence-electron chi connectivity index (χ4n) is 5.25. The van der Waals surface area contributed by atoms with E-state index in [4.69, 9.17) is 9.40 Å². The van der Waals surface area contributed by atoms with E-state index in [1.165, 1.54) is 59.4 Å². The molecule has 148 valence electrons. The first-order valence-electron chi connectivity index (χ1n) is 11.1. The maximum atomic E-state index is 6.32. The van der Waals surface area contributed by atoms with Gasteiger partial charge in [0.2, 0.25) is 0 Å². The number of aromatic nitrogens is 1. The third kappa shape index (κ3) is 2.82. The van der Waals surface area contributed by atoms with Crippen LogP contribution in [0, 0.1) is 6.92 Å². The predicted octanol–water partition coefficient (Wildman–Crippen LogP) is 8.16. The highest BCUT2D eigenvalue weighted by Gasteiger charge is 2.18. The second-order valence-electron chi connectivity index (χ2n) is 8.76. The van der Waals surface area contributed by atoms with Crippen molar-refractivity contribution in [2.75, 3.05) is 0 Å². The van der Waals surface area contributed by atoms with E-state index in [1.807, 2.05) is 18.3 Å². The summed E-state index contributed by atoms with van der Waals surface area (Å²) >= 11 is 0. The summed E-state index contributed by atoms with van der Waals surface area (Å²) in [5.74, 6) is 0.709. The zero-order chi connectivity index (χ0) is 20.1. The van der Waals surface area contributed by atoms with Gasteiger partial charge in [0.15, 0.2) is 0 Å². The molecule has 0 unspecified atom stereocenters. The number of rotatable bonds is 2. The average Bonchev–Trinajstić information content (AvgIpc) is 3.17. The zero-order valence-corrected chi connectivity index (χ0v) is 17.3. The molecule has 0 saturated heterocycles. The molecule has 0 atom stereocenters. The molecule has 2 heterocycles. The maximum Gasteiger partial charge on any atom is 0.144 e. The largest absolute Gasteiger partial charge is 0.455 e. The minimum absolute atomic E-state index is 0.709. The molecule has 0 bridgehead atoms. The van der Waals surface area contributed by atoms with Crippen LogP contribution in [0.25, 0.3) is 44.0 Å². The molecule has 6 rings (SSSR count). The molecule has 0 aliphatic heterocycles. The summed E-state index contributed by atoms with van der Waals surface area (Å²) in [5, 5.41) is 4.80. The van der Waals surface area contributed by atoms with E-state index in [2.05, 4.69) is 55.5 Å². The van der Waals surface area contributed by atoms with Gasteiger partial charge in [-0.05, 0) is 66.5 Å². The third-order valence-corrected chi connectivity index (χ3v) is 6.74. The van der Waals surface area contributed by atoms with Gasteiger partial charge in [0.25, 0.3) is 0 Å². The molecule has 30 heavy (non-hydrogen) atoms. The number of furan rings is 1. The lowest BCUT2D eigenvalue weighted by Gasteiger charge is -2.22. The van der Waals surface area contributed by atoms with E-state index < -0.39 is 0 Å². The van der Waals surface area contributed by atoms with Crippen LogP contribution in [-0.2, 0) is 0 Å². The van der Waals surface area contributed by atoms with Gasteiger partial charge in [-0.3, -0.25) is 4.98 Å². The van der Waals surface area contributed by atoms with Crippen molar-refractivity contribution >= 4 is 32.7 Å². The van der Waals surface area contributed by atoms with Crippen molar-refractivity contribution in [1.82, 2.24) is 4.98 Å². The van der Waals surface area contributed by atoms with Gasteiger partial charge in [-0.1, -0.05) is 55.7 Å². The minimum Gasteiger partial charge on any atom is -0.455 e. The smallest absolute Gasteiger partial charge is 0.144 e. The highest BCUT2D eigenvalue weighted by molar-refractivity contribution is 6.11. The molecule has 0 radical (unpaired) electrons. The predicted molar refractivity (Wildman–Crippen MR) is 125 cm³/mol. The Bertz CT molecular complexity index is 1390. The van der Waals surface area contributed by atoms with Crippen LogP contribution < -0.4 is 0 Å². The van der Waals surface area contributed by atoms with Crippen molar-refractivity contribution in [3.63, 3.8) is 0 Å². The SMILES string of the molecule is Cc1cc(-c2nccc3cc(C4CCCCC4)ccc23)c2oc3ccccc3c2c1. The molecule has 0 amide bonds. The van der Waals surface area contributed by atoms with Crippen molar-refractivity contribution < 1.29 is 4.42 Å². The van der Waals surface area contributed by atoms with Crippen LogP contribution >= 0.6 is 0 Å². The first-order valence-corrected chi connectivity index (χ1v) is 11.1.